The predicted octanol–water partition coefficient (Wildman–Crippen LogP) is 3.16. The second-order valence-electron chi connectivity index (χ2n) is 4.55. The molecule has 104 valence electrons. The maximum atomic E-state index is 11.8. The molecular weight excluding hydrogens is 264 g/mol. The molecule has 0 aliphatic rings. The highest BCUT2D eigenvalue weighted by Gasteiger charge is 2.00. The highest BCUT2D eigenvalue weighted by atomic mass is 16.3. The minimum atomic E-state index is -0.160. The van der Waals surface area contributed by atoms with E-state index in [9.17, 15) is 4.79 Å². The Morgan fingerprint density at radius 2 is 2.10 bits per heavy atom. The van der Waals surface area contributed by atoms with Gasteiger partial charge in [0.1, 0.15) is 5.76 Å². The van der Waals surface area contributed by atoms with E-state index in [0.717, 1.165) is 22.2 Å². The van der Waals surface area contributed by atoms with E-state index in [2.05, 4.69) is 10.3 Å². The molecule has 0 saturated carbocycles. The minimum Gasteiger partial charge on any atom is -0.467 e. The number of carbonyl (C=O) groups is 1. The number of benzene rings is 1. The number of furan rings is 1. The largest absolute Gasteiger partial charge is 0.467 e. The fourth-order valence-corrected chi connectivity index (χ4v) is 2.08. The van der Waals surface area contributed by atoms with Crippen LogP contribution >= 0.6 is 0 Å². The number of nitrogens with one attached hydrogen (secondary N) is 1. The van der Waals surface area contributed by atoms with Gasteiger partial charge in [-0.2, -0.15) is 0 Å². The number of fused-ring (bicyclic) bond motifs is 1. The Balaban J connectivity index is 1.71. The number of nitrogens with zero attached hydrogens (tertiary/aromatic N) is 1. The number of pyridine rings is 1. The highest BCUT2D eigenvalue weighted by molar-refractivity contribution is 5.95. The summed E-state index contributed by atoms with van der Waals surface area (Å²) in [5, 5.41) is 3.79. The van der Waals surface area contributed by atoms with Crippen LogP contribution in [0.5, 0.6) is 0 Å². The summed E-state index contributed by atoms with van der Waals surface area (Å²) in [6, 6.07) is 13.3. The lowest BCUT2D eigenvalue weighted by atomic mass is 10.1. The van der Waals surface area contributed by atoms with Crippen LogP contribution in [-0.4, -0.2) is 10.9 Å². The van der Waals surface area contributed by atoms with Crippen molar-refractivity contribution >= 4 is 22.9 Å². The maximum absolute atomic E-state index is 11.8. The maximum Gasteiger partial charge on any atom is 0.244 e. The van der Waals surface area contributed by atoms with Crippen LogP contribution in [0.15, 0.2) is 65.4 Å². The van der Waals surface area contributed by atoms with Crippen molar-refractivity contribution in [2.45, 2.75) is 6.54 Å². The molecule has 1 N–H and O–H groups in total. The van der Waals surface area contributed by atoms with E-state index in [1.807, 2.05) is 36.4 Å². The van der Waals surface area contributed by atoms with Crippen LogP contribution in [0, 0.1) is 0 Å². The molecule has 2 heterocycles. The van der Waals surface area contributed by atoms with Gasteiger partial charge >= 0.3 is 0 Å². The summed E-state index contributed by atoms with van der Waals surface area (Å²) >= 11 is 0. The summed E-state index contributed by atoms with van der Waals surface area (Å²) in [7, 11) is 0. The molecule has 0 radical (unpaired) electrons. The van der Waals surface area contributed by atoms with Gasteiger partial charge in [0.05, 0.1) is 18.3 Å². The van der Waals surface area contributed by atoms with E-state index < -0.39 is 0 Å². The molecule has 2 aromatic heterocycles. The molecule has 0 aliphatic carbocycles. The van der Waals surface area contributed by atoms with Crippen molar-refractivity contribution in [3.05, 3.63) is 72.3 Å². The Bertz CT molecular complexity index is 771. The molecule has 0 unspecified atom stereocenters. The number of aromatic nitrogens is 1. The highest BCUT2D eigenvalue weighted by Crippen LogP contribution is 2.17. The summed E-state index contributed by atoms with van der Waals surface area (Å²) in [5.41, 5.74) is 1.88. The zero-order chi connectivity index (χ0) is 14.5. The lowest BCUT2D eigenvalue weighted by molar-refractivity contribution is -0.116. The van der Waals surface area contributed by atoms with Crippen LogP contribution in [-0.2, 0) is 11.3 Å². The second kappa shape index (κ2) is 6.05. The Morgan fingerprint density at radius 1 is 1.19 bits per heavy atom. The minimum absolute atomic E-state index is 0.160. The van der Waals surface area contributed by atoms with Crippen molar-refractivity contribution < 1.29 is 9.21 Å². The van der Waals surface area contributed by atoms with E-state index in [-0.39, 0.29) is 5.91 Å². The topological polar surface area (TPSA) is 55.1 Å². The third kappa shape index (κ3) is 3.17. The summed E-state index contributed by atoms with van der Waals surface area (Å²) in [4.78, 5) is 16.1. The zero-order valence-corrected chi connectivity index (χ0v) is 11.3. The average molecular weight is 278 g/mol. The molecule has 0 bridgehead atoms. The van der Waals surface area contributed by atoms with Gasteiger partial charge in [-0.1, -0.05) is 18.2 Å². The van der Waals surface area contributed by atoms with Crippen molar-refractivity contribution in [1.82, 2.24) is 10.3 Å². The van der Waals surface area contributed by atoms with E-state index >= 15 is 0 Å². The van der Waals surface area contributed by atoms with Crippen molar-refractivity contribution in [2.24, 2.45) is 0 Å². The molecule has 3 aromatic rings. The summed E-state index contributed by atoms with van der Waals surface area (Å²) in [6.45, 7) is 0.382. The number of hydrogen-bond acceptors (Lipinski definition) is 3. The average Bonchev–Trinajstić information content (AvgIpc) is 3.04. The third-order valence-corrected chi connectivity index (χ3v) is 3.11. The lowest BCUT2D eigenvalue weighted by Crippen LogP contribution is -2.19. The SMILES string of the molecule is O=C(/C=C/c1ccnc2ccccc12)NCc1ccco1. The number of amides is 1. The Kier molecular flexibility index (Phi) is 3.78. The molecule has 21 heavy (non-hydrogen) atoms. The van der Waals surface area contributed by atoms with Gasteiger partial charge in [-0.05, 0) is 35.9 Å². The quantitative estimate of drug-likeness (QED) is 0.746. The molecule has 1 aromatic carbocycles. The van der Waals surface area contributed by atoms with E-state index in [4.69, 9.17) is 4.42 Å². The van der Waals surface area contributed by atoms with Gasteiger partial charge in [0.25, 0.3) is 0 Å². The Morgan fingerprint density at radius 3 is 2.95 bits per heavy atom. The molecule has 4 heteroatoms. The van der Waals surface area contributed by atoms with Crippen LogP contribution < -0.4 is 5.32 Å². The fraction of sp³-hybridized carbons (Fsp3) is 0.0588. The Hall–Kier alpha value is -2.88. The molecule has 0 saturated heterocycles. The van der Waals surface area contributed by atoms with Crippen LogP contribution in [0.2, 0.25) is 0 Å². The standard InChI is InChI=1S/C17H14N2O2/c20-17(19-12-14-4-3-11-21-14)8-7-13-9-10-18-16-6-2-1-5-15(13)16/h1-11H,12H2,(H,19,20)/b8-7+. The number of hydrogen-bond donors (Lipinski definition) is 1. The summed E-state index contributed by atoms with van der Waals surface area (Å²) in [6.07, 6.45) is 6.63. The van der Waals surface area contributed by atoms with E-state index in [1.54, 1.807) is 24.6 Å². The van der Waals surface area contributed by atoms with E-state index in [1.165, 1.54) is 6.08 Å². The van der Waals surface area contributed by atoms with Gasteiger partial charge in [-0.15, -0.1) is 0 Å². The monoisotopic (exact) mass is 278 g/mol. The van der Waals surface area contributed by atoms with Gasteiger partial charge in [-0.3, -0.25) is 9.78 Å². The van der Waals surface area contributed by atoms with Gasteiger partial charge in [0.15, 0.2) is 0 Å². The van der Waals surface area contributed by atoms with Crippen molar-refractivity contribution in [1.29, 1.82) is 0 Å². The third-order valence-electron chi connectivity index (χ3n) is 3.11. The molecule has 0 fully saturated rings. The molecule has 3 rings (SSSR count). The first kappa shape index (κ1) is 13.1. The van der Waals surface area contributed by atoms with E-state index in [0.29, 0.717) is 6.54 Å². The van der Waals surface area contributed by atoms with Gasteiger partial charge in [-0.25, -0.2) is 0 Å². The first-order valence-corrected chi connectivity index (χ1v) is 6.65. The van der Waals surface area contributed by atoms with Crippen LogP contribution in [0.4, 0.5) is 0 Å². The van der Waals surface area contributed by atoms with Gasteiger partial charge in [0, 0.05) is 17.7 Å². The fourth-order valence-electron chi connectivity index (χ4n) is 2.08. The smallest absolute Gasteiger partial charge is 0.244 e. The molecule has 1 amide bonds. The number of para-hydroxylation sites is 1. The lowest BCUT2D eigenvalue weighted by Gasteiger charge is -2.01. The van der Waals surface area contributed by atoms with Crippen LogP contribution in [0.25, 0.3) is 17.0 Å². The molecule has 0 spiro atoms. The predicted molar refractivity (Wildman–Crippen MR) is 81.3 cm³/mol. The Labute approximate surface area is 122 Å². The van der Waals surface area contributed by atoms with Crippen molar-refractivity contribution in [2.75, 3.05) is 0 Å². The normalized spacial score (nSPS) is 11.0. The molecule has 0 atom stereocenters. The molecular formula is C17H14N2O2. The number of rotatable bonds is 4. The van der Waals surface area contributed by atoms with Crippen molar-refractivity contribution in [3.63, 3.8) is 0 Å². The van der Waals surface area contributed by atoms with Crippen molar-refractivity contribution in [3.8, 4) is 0 Å². The molecule has 0 aliphatic heterocycles. The van der Waals surface area contributed by atoms with Crippen LogP contribution in [0.3, 0.4) is 0 Å². The first-order chi connectivity index (χ1) is 10.3. The van der Waals surface area contributed by atoms with Crippen LogP contribution in [0.1, 0.15) is 11.3 Å². The summed E-state index contributed by atoms with van der Waals surface area (Å²) < 4.78 is 5.16. The molecule has 4 nitrogen and oxygen atoms in total. The summed E-state index contributed by atoms with van der Waals surface area (Å²) in [5.74, 6) is 0.568. The first-order valence-electron chi connectivity index (χ1n) is 6.65. The van der Waals surface area contributed by atoms with Gasteiger partial charge < -0.3 is 9.73 Å². The second-order valence-corrected chi connectivity index (χ2v) is 4.55. The number of carbonyl (C=O) groups excluding carboxylic acids is 1. The zero-order valence-electron chi connectivity index (χ0n) is 11.3. The van der Waals surface area contributed by atoms with Gasteiger partial charge in [0.2, 0.25) is 5.91 Å².